The van der Waals surface area contributed by atoms with E-state index in [0.29, 0.717) is 34.0 Å². The van der Waals surface area contributed by atoms with Crippen LogP contribution >= 0.6 is 34.7 Å². The van der Waals surface area contributed by atoms with E-state index in [1.54, 1.807) is 6.20 Å². The third-order valence-corrected chi connectivity index (χ3v) is 5.39. The van der Waals surface area contributed by atoms with Gasteiger partial charge in [0.1, 0.15) is 11.0 Å². The van der Waals surface area contributed by atoms with Crippen LogP contribution in [0.2, 0.25) is 5.15 Å². The molecule has 1 amide bonds. The Balaban J connectivity index is 1.73. The Labute approximate surface area is 156 Å². The fourth-order valence-electron chi connectivity index (χ4n) is 2.19. The van der Waals surface area contributed by atoms with Gasteiger partial charge in [-0.2, -0.15) is 0 Å². The van der Waals surface area contributed by atoms with Gasteiger partial charge in [-0.25, -0.2) is 14.8 Å². The molecule has 7 nitrogen and oxygen atoms in total. The fourth-order valence-corrected chi connectivity index (χ4v) is 4.18. The predicted octanol–water partition coefficient (Wildman–Crippen LogP) is 3.77. The zero-order valence-electron chi connectivity index (χ0n) is 13.1. The molecular weight excluding hydrogens is 382 g/mol. The van der Waals surface area contributed by atoms with Crippen LogP contribution in [0.4, 0.5) is 16.3 Å². The lowest BCUT2D eigenvalue weighted by atomic mass is 10.2. The van der Waals surface area contributed by atoms with Crippen molar-refractivity contribution in [2.45, 2.75) is 11.6 Å². The van der Waals surface area contributed by atoms with E-state index in [2.05, 4.69) is 15.0 Å². The summed E-state index contributed by atoms with van der Waals surface area (Å²) in [5, 5.41) is 12.7. The predicted molar refractivity (Wildman–Crippen MR) is 102 cm³/mol. The van der Waals surface area contributed by atoms with Crippen molar-refractivity contribution in [1.29, 1.82) is 0 Å². The van der Waals surface area contributed by atoms with E-state index in [1.807, 2.05) is 11.4 Å². The molecule has 3 aromatic rings. The molecule has 0 aliphatic carbocycles. The molecule has 3 heterocycles. The first-order valence-electron chi connectivity index (χ1n) is 7.19. The van der Waals surface area contributed by atoms with Gasteiger partial charge in [-0.1, -0.05) is 23.4 Å². The number of nitrogen functional groups attached to an aromatic ring is 1. The van der Waals surface area contributed by atoms with Crippen molar-refractivity contribution in [3.05, 3.63) is 34.6 Å². The molecule has 0 radical (unpaired) electrons. The minimum absolute atomic E-state index is 0.314. The number of hydrogen-bond donors (Lipinski definition) is 2. The largest absolute Gasteiger partial charge is 0.465 e. The van der Waals surface area contributed by atoms with Crippen LogP contribution in [0.3, 0.4) is 0 Å². The zero-order valence-corrected chi connectivity index (χ0v) is 15.5. The van der Waals surface area contributed by atoms with E-state index < -0.39 is 6.09 Å². The molecule has 3 rings (SSSR count). The van der Waals surface area contributed by atoms with Crippen LogP contribution in [0, 0.1) is 0 Å². The average Bonchev–Trinajstić information content (AvgIpc) is 2.96. The van der Waals surface area contributed by atoms with Gasteiger partial charge in [-0.05, 0) is 12.5 Å². The maximum atomic E-state index is 11.2. The summed E-state index contributed by atoms with van der Waals surface area (Å²) in [6, 6.07) is 3.42. The first-order valence-corrected chi connectivity index (χ1v) is 9.44. The van der Waals surface area contributed by atoms with E-state index in [0.717, 1.165) is 15.8 Å². The molecule has 3 aromatic heterocycles. The highest BCUT2D eigenvalue weighted by atomic mass is 35.5. The van der Waals surface area contributed by atoms with Gasteiger partial charge in [0.15, 0.2) is 5.16 Å². The number of halogens is 1. The Morgan fingerprint density at radius 1 is 1.44 bits per heavy atom. The maximum Gasteiger partial charge on any atom is 0.411 e. The number of anilines is 2. The molecule has 0 spiro atoms. The van der Waals surface area contributed by atoms with E-state index in [9.17, 15) is 9.90 Å². The number of aromatic nitrogens is 3. The topological polar surface area (TPSA) is 105 Å². The number of fused-ring (bicyclic) bond motifs is 1. The molecule has 0 unspecified atom stereocenters. The van der Waals surface area contributed by atoms with Gasteiger partial charge in [0, 0.05) is 41.5 Å². The minimum atomic E-state index is -0.996. The van der Waals surface area contributed by atoms with Crippen molar-refractivity contribution in [3.8, 4) is 0 Å². The number of thiophene rings is 1. The number of thioether (sulfide) groups is 1. The van der Waals surface area contributed by atoms with Crippen molar-refractivity contribution >= 4 is 62.4 Å². The summed E-state index contributed by atoms with van der Waals surface area (Å²) < 4.78 is 0.949. The number of rotatable bonds is 5. The zero-order chi connectivity index (χ0) is 18.0. The molecule has 130 valence electrons. The molecule has 0 saturated carbocycles. The second kappa shape index (κ2) is 7.42. The van der Waals surface area contributed by atoms with Gasteiger partial charge in [0.05, 0.1) is 10.4 Å². The number of nitrogens with zero attached hydrogens (tertiary/aromatic N) is 4. The standard InChI is InChI=1S/C15H14ClN5O2S2/c1-21(15(22)23)10-7-25-11-6-18-8(4-9(10)11)2-3-24-14-19-12(16)5-13(17)20-14/h4-7H,2-3H2,1H3,(H,22,23)(H2,17,19,20). The molecule has 0 aromatic carbocycles. The highest BCUT2D eigenvalue weighted by molar-refractivity contribution is 7.99. The monoisotopic (exact) mass is 395 g/mol. The molecular formula is C15H14ClN5O2S2. The Kier molecular flexibility index (Phi) is 5.26. The Hall–Kier alpha value is -2.10. The number of nitrogens with two attached hydrogens (primary N) is 1. The molecule has 0 aliphatic heterocycles. The van der Waals surface area contributed by atoms with Gasteiger partial charge in [0.25, 0.3) is 0 Å². The van der Waals surface area contributed by atoms with Crippen molar-refractivity contribution < 1.29 is 9.90 Å². The third kappa shape index (κ3) is 4.12. The molecule has 0 saturated heterocycles. The number of aryl methyl sites for hydroxylation is 1. The van der Waals surface area contributed by atoms with Crippen LogP contribution in [0.5, 0.6) is 0 Å². The van der Waals surface area contributed by atoms with Crippen molar-refractivity contribution in [2.24, 2.45) is 0 Å². The molecule has 0 fully saturated rings. The van der Waals surface area contributed by atoms with Crippen LogP contribution in [0.15, 0.2) is 28.9 Å². The Bertz CT molecular complexity index is 913. The summed E-state index contributed by atoms with van der Waals surface area (Å²) in [5.41, 5.74) is 7.18. The second-order valence-electron chi connectivity index (χ2n) is 5.13. The Morgan fingerprint density at radius 2 is 2.24 bits per heavy atom. The second-order valence-corrected chi connectivity index (χ2v) is 7.49. The lowest BCUT2D eigenvalue weighted by molar-refractivity contribution is 0.203. The third-order valence-electron chi connectivity index (χ3n) is 3.43. The first-order chi connectivity index (χ1) is 11.9. The highest BCUT2D eigenvalue weighted by Crippen LogP contribution is 2.32. The Morgan fingerprint density at radius 3 is 2.96 bits per heavy atom. The van der Waals surface area contributed by atoms with Crippen molar-refractivity contribution in [2.75, 3.05) is 23.4 Å². The summed E-state index contributed by atoms with van der Waals surface area (Å²) >= 11 is 8.77. The summed E-state index contributed by atoms with van der Waals surface area (Å²) in [5.74, 6) is 1.04. The highest BCUT2D eigenvalue weighted by Gasteiger charge is 2.14. The number of amides is 1. The SMILES string of the molecule is CN(C(=O)O)c1csc2cnc(CCSc3nc(N)cc(Cl)n3)cc12. The smallest absolute Gasteiger partial charge is 0.411 e. The van der Waals surface area contributed by atoms with E-state index >= 15 is 0 Å². The van der Waals surface area contributed by atoms with Crippen molar-refractivity contribution in [3.63, 3.8) is 0 Å². The van der Waals surface area contributed by atoms with Crippen LogP contribution in [-0.4, -0.2) is 39.0 Å². The lowest BCUT2D eigenvalue weighted by Crippen LogP contribution is -2.23. The summed E-state index contributed by atoms with van der Waals surface area (Å²) in [7, 11) is 1.53. The quantitative estimate of drug-likeness (QED) is 0.384. The number of carbonyl (C=O) groups is 1. The molecule has 0 aliphatic rings. The lowest BCUT2D eigenvalue weighted by Gasteiger charge is -2.11. The van der Waals surface area contributed by atoms with Gasteiger partial charge in [0.2, 0.25) is 0 Å². The molecule has 0 bridgehead atoms. The fraction of sp³-hybridized carbons (Fsp3) is 0.200. The molecule has 0 atom stereocenters. The molecule has 25 heavy (non-hydrogen) atoms. The number of hydrogen-bond acceptors (Lipinski definition) is 7. The summed E-state index contributed by atoms with van der Waals surface area (Å²) in [6.07, 6.45) is 1.46. The van der Waals surface area contributed by atoms with Gasteiger partial charge >= 0.3 is 6.09 Å². The number of pyridine rings is 1. The van der Waals surface area contributed by atoms with Gasteiger partial charge < -0.3 is 10.8 Å². The maximum absolute atomic E-state index is 11.2. The average molecular weight is 396 g/mol. The van der Waals surface area contributed by atoms with Crippen LogP contribution < -0.4 is 10.6 Å². The normalized spacial score (nSPS) is 11.0. The van der Waals surface area contributed by atoms with E-state index in [-0.39, 0.29) is 0 Å². The van der Waals surface area contributed by atoms with Crippen LogP contribution in [0.1, 0.15) is 5.69 Å². The van der Waals surface area contributed by atoms with Gasteiger partial charge in [-0.3, -0.25) is 9.88 Å². The van der Waals surface area contributed by atoms with E-state index in [1.165, 1.54) is 41.1 Å². The minimum Gasteiger partial charge on any atom is -0.465 e. The van der Waals surface area contributed by atoms with E-state index in [4.69, 9.17) is 17.3 Å². The number of carboxylic acid groups (broad SMARTS) is 1. The van der Waals surface area contributed by atoms with Crippen molar-refractivity contribution in [1.82, 2.24) is 15.0 Å². The summed E-state index contributed by atoms with van der Waals surface area (Å²) in [6.45, 7) is 0. The molecule has 10 heteroatoms. The first kappa shape index (κ1) is 17.7. The van der Waals surface area contributed by atoms with Crippen LogP contribution in [-0.2, 0) is 6.42 Å². The van der Waals surface area contributed by atoms with Crippen LogP contribution in [0.25, 0.3) is 10.1 Å². The summed E-state index contributed by atoms with van der Waals surface area (Å²) in [4.78, 5) is 25.1. The van der Waals surface area contributed by atoms with Gasteiger partial charge in [-0.15, -0.1) is 11.3 Å². The molecule has 3 N–H and O–H groups in total.